The summed E-state index contributed by atoms with van der Waals surface area (Å²) in [5.41, 5.74) is 7.08. The molecule has 1 heterocycles. The molecule has 1 aromatic carbocycles. The van der Waals surface area contributed by atoms with Crippen molar-refractivity contribution < 1.29 is 4.79 Å². The first-order valence-electron chi connectivity index (χ1n) is 6.97. The minimum atomic E-state index is -0.0609. The average Bonchev–Trinajstić information content (AvgIpc) is 2.90. The SMILES string of the molecule is CN(C)C(=O)C1CCCN1C(CN)c1ccc(Cl)cc1. The summed E-state index contributed by atoms with van der Waals surface area (Å²) in [7, 11) is 3.61. The Bertz CT molecular complexity index is 461. The summed E-state index contributed by atoms with van der Waals surface area (Å²) in [6.07, 6.45) is 1.94. The zero-order chi connectivity index (χ0) is 14.7. The third kappa shape index (κ3) is 3.14. The lowest BCUT2D eigenvalue weighted by molar-refractivity contribution is -0.134. The molecule has 0 aromatic heterocycles. The Hall–Kier alpha value is -1.10. The highest BCUT2D eigenvalue weighted by Crippen LogP contribution is 2.30. The molecule has 1 aromatic rings. The van der Waals surface area contributed by atoms with E-state index in [1.54, 1.807) is 19.0 Å². The number of likely N-dealkylation sites (N-methyl/N-ethyl adjacent to an activating group) is 1. The molecule has 1 aliphatic rings. The highest BCUT2D eigenvalue weighted by atomic mass is 35.5. The van der Waals surface area contributed by atoms with Gasteiger partial charge in [0.15, 0.2) is 0 Å². The average molecular weight is 296 g/mol. The normalized spacial score (nSPS) is 20.9. The number of hydrogen-bond acceptors (Lipinski definition) is 3. The first kappa shape index (κ1) is 15.3. The minimum Gasteiger partial charge on any atom is -0.347 e. The minimum absolute atomic E-state index is 0.0609. The standard InChI is InChI=1S/C15H22ClN3O/c1-18(2)15(20)13-4-3-9-19(13)14(10-17)11-5-7-12(16)8-6-11/h5-8,13-14H,3-4,9-10,17H2,1-2H3. The summed E-state index contributed by atoms with van der Waals surface area (Å²) in [5.74, 6) is 0.162. The van der Waals surface area contributed by atoms with Crippen LogP contribution < -0.4 is 5.73 Å². The molecule has 1 fully saturated rings. The number of halogens is 1. The Kier molecular flexibility index (Phi) is 5.02. The van der Waals surface area contributed by atoms with Crippen molar-refractivity contribution in [3.63, 3.8) is 0 Å². The molecule has 0 aliphatic carbocycles. The summed E-state index contributed by atoms with van der Waals surface area (Å²) < 4.78 is 0. The molecule has 20 heavy (non-hydrogen) atoms. The fourth-order valence-electron chi connectivity index (χ4n) is 2.87. The van der Waals surface area contributed by atoms with Crippen LogP contribution in [0.1, 0.15) is 24.4 Å². The molecule has 0 spiro atoms. The van der Waals surface area contributed by atoms with Gasteiger partial charge in [-0.05, 0) is 37.1 Å². The van der Waals surface area contributed by atoms with Crippen molar-refractivity contribution in [2.75, 3.05) is 27.2 Å². The molecular weight excluding hydrogens is 274 g/mol. The van der Waals surface area contributed by atoms with Gasteiger partial charge >= 0.3 is 0 Å². The smallest absolute Gasteiger partial charge is 0.239 e. The second-order valence-electron chi connectivity index (χ2n) is 5.43. The number of benzene rings is 1. The molecule has 2 unspecified atom stereocenters. The number of carbonyl (C=O) groups is 1. The molecule has 0 radical (unpaired) electrons. The van der Waals surface area contributed by atoms with E-state index in [-0.39, 0.29) is 18.0 Å². The number of hydrogen-bond donors (Lipinski definition) is 1. The molecule has 4 nitrogen and oxygen atoms in total. The van der Waals surface area contributed by atoms with Gasteiger partial charge in [0.05, 0.1) is 6.04 Å². The van der Waals surface area contributed by atoms with Crippen molar-refractivity contribution >= 4 is 17.5 Å². The van der Waals surface area contributed by atoms with Crippen molar-refractivity contribution in [2.24, 2.45) is 5.73 Å². The lowest BCUT2D eigenvalue weighted by Gasteiger charge is -2.33. The summed E-state index contributed by atoms with van der Waals surface area (Å²) in [6, 6.07) is 7.75. The number of likely N-dealkylation sites (tertiary alicyclic amines) is 1. The first-order chi connectivity index (χ1) is 9.54. The van der Waals surface area contributed by atoms with Gasteiger partial charge in [-0.25, -0.2) is 0 Å². The van der Waals surface area contributed by atoms with Gasteiger partial charge in [-0.2, -0.15) is 0 Å². The van der Waals surface area contributed by atoms with Crippen LogP contribution in [0, 0.1) is 0 Å². The van der Waals surface area contributed by atoms with Crippen LogP contribution in [0.5, 0.6) is 0 Å². The molecule has 0 saturated carbocycles. The molecular formula is C15H22ClN3O. The van der Waals surface area contributed by atoms with Crippen molar-refractivity contribution in [3.05, 3.63) is 34.9 Å². The van der Waals surface area contributed by atoms with Crippen LogP contribution in [0.25, 0.3) is 0 Å². The van der Waals surface area contributed by atoms with Crippen LogP contribution in [0.3, 0.4) is 0 Å². The molecule has 1 saturated heterocycles. The largest absolute Gasteiger partial charge is 0.347 e. The highest BCUT2D eigenvalue weighted by molar-refractivity contribution is 6.30. The second-order valence-corrected chi connectivity index (χ2v) is 5.87. The zero-order valence-corrected chi connectivity index (χ0v) is 12.8. The lowest BCUT2D eigenvalue weighted by Crippen LogP contribution is -2.45. The fraction of sp³-hybridized carbons (Fsp3) is 0.533. The van der Waals surface area contributed by atoms with Crippen molar-refractivity contribution in [1.29, 1.82) is 0 Å². The molecule has 2 atom stereocenters. The Morgan fingerprint density at radius 2 is 2.10 bits per heavy atom. The Morgan fingerprint density at radius 3 is 2.65 bits per heavy atom. The number of amides is 1. The van der Waals surface area contributed by atoms with E-state index in [4.69, 9.17) is 17.3 Å². The van der Waals surface area contributed by atoms with Crippen LogP contribution >= 0.6 is 11.6 Å². The van der Waals surface area contributed by atoms with E-state index >= 15 is 0 Å². The van der Waals surface area contributed by atoms with E-state index in [0.29, 0.717) is 11.6 Å². The number of nitrogens with two attached hydrogens (primary N) is 1. The van der Waals surface area contributed by atoms with Gasteiger partial charge in [0.1, 0.15) is 0 Å². The highest BCUT2D eigenvalue weighted by Gasteiger charge is 2.36. The van der Waals surface area contributed by atoms with Crippen LogP contribution in [0.4, 0.5) is 0 Å². The summed E-state index contributed by atoms with van der Waals surface area (Å²) in [5, 5.41) is 0.715. The van der Waals surface area contributed by atoms with Gasteiger partial charge in [-0.1, -0.05) is 23.7 Å². The number of rotatable bonds is 4. The van der Waals surface area contributed by atoms with E-state index in [2.05, 4.69) is 4.90 Å². The van der Waals surface area contributed by atoms with E-state index in [0.717, 1.165) is 24.9 Å². The predicted molar refractivity (Wildman–Crippen MR) is 81.7 cm³/mol. The van der Waals surface area contributed by atoms with Gasteiger partial charge in [-0.15, -0.1) is 0 Å². The summed E-state index contributed by atoms with van der Waals surface area (Å²) >= 11 is 5.93. The maximum absolute atomic E-state index is 12.3. The van der Waals surface area contributed by atoms with Crippen molar-refractivity contribution in [3.8, 4) is 0 Å². The molecule has 5 heteroatoms. The quantitative estimate of drug-likeness (QED) is 0.923. The number of nitrogens with zero attached hydrogens (tertiary/aromatic N) is 2. The molecule has 2 rings (SSSR count). The maximum Gasteiger partial charge on any atom is 0.239 e. The topological polar surface area (TPSA) is 49.6 Å². The summed E-state index contributed by atoms with van der Waals surface area (Å²) in [6.45, 7) is 1.41. The van der Waals surface area contributed by atoms with E-state index in [9.17, 15) is 4.79 Å². The third-order valence-electron chi connectivity index (χ3n) is 3.90. The second kappa shape index (κ2) is 6.57. The Balaban J connectivity index is 2.22. The Morgan fingerprint density at radius 1 is 1.45 bits per heavy atom. The first-order valence-corrected chi connectivity index (χ1v) is 7.35. The number of carbonyl (C=O) groups excluding carboxylic acids is 1. The van der Waals surface area contributed by atoms with Crippen LogP contribution in [-0.4, -0.2) is 48.9 Å². The van der Waals surface area contributed by atoms with Gasteiger partial charge in [0.25, 0.3) is 0 Å². The zero-order valence-electron chi connectivity index (χ0n) is 12.1. The lowest BCUT2D eigenvalue weighted by atomic mass is 10.0. The predicted octanol–water partition coefficient (Wildman–Crippen LogP) is 1.89. The van der Waals surface area contributed by atoms with Gasteiger partial charge in [0.2, 0.25) is 5.91 Å². The summed E-state index contributed by atoms with van der Waals surface area (Å²) in [4.78, 5) is 16.2. The fourth-order valence-corrected chi connectivity index (χ4v) is 3.00. The van der Waals surface area contributed by atoms with Crippen molar-refractivity contribution in [2.45, 2.75) is 24.9 Å². The molecule has 110 valence electrons. The van der Waals surface area contributed by atoms with Crippen LogP contribution in [0.15, 0.2) is 24.3 Å². The molecule has 0 bridgehead atoms. The van der Waals surface area contributed by atoms with Gasteiger partial charge < -0.3 is 10.6 Å². The third-order valence-corrected chi connectivity index (χ3v) is 4.15. The monoisotopic (exact) mass is 295 g/mol. The van der Waals surface area contributed by atoms with Gasteiger partial charge in [-0.3, -0.25) is 9.69 Å². The maximum atomic E-state index is 12.3. The molecule has 1 aliphatic heterocycles. The van der Waals surface area contributed by atoms with Crippen LogP contribution in [0.2, 0.25) is 5.02 Å². The van der Waals surface area contributed by atoms with E-state index in [1.165, 1.54) is 0 Å². The van der Waals surface area contributed by atoms with Crippen molar-refractivity contribution in [1.82, 2.24) is 9.80 Å². The van der Waals surface area contributed by atoms with Crippen LogP contribution in [-0.2, 0) is 4.79 Å². The van der Waals surface area contributed by atoms with Gasteiger partial charge in [0, 0.05) is 31.7 Å². The molecule has 1 amide bonds. The van der Waals surface area contributed by atoms with E-state index in [1.807, 2.05) is 24.3 Å². The Labute approximate surface area is 125 Å². The molecule has 2 N–H and O–H groups in total. The van der Waals surface area contributed by atoms with E-state index < -0.39 is 0 Å².